The van der Waals surface area contributed by atoms with Crippen LogP contribution in [0.25, 0.3) is 11.3 Å². The zero-order valence-electron chi connectivity index (χ0n) is 23.2. The van der Waals surface area contributed by atoms with Crippen LogP contribution in [0.4, 0.5) is 0 Å². The molecule has 0 radical (unpaired) electrons. The fourth-order valence-electron chi connectivity index (χ4n) is 6.28. The molecule has 0 bridgehead atoms. The number of aliphatic hydroxyl groups is 1. The van der Waals surface area contributed by atoms with Crippen molar-refractivity contribution in [2.24, 2.45) is 0 Å². The molecule has 2 N–H and O–H groups in total. The normalized spacial score (nSPS) is 23.0. The van der Waals surface area contributed by atoms with E-state index >= 15 is 0 Å². The molecule has 8 nitrogen and oxygen atoms in total. The summed E-state index contributed by atoms with van der Waals surface area (Å²) in [5, 5.41) is 18.3. The number of carbonyl (C=O) groups excluding carboxylic acids is 1. The van der Waals surface area contributed by atoms with Crippen molar-refractivity contribution in [3.8, 4) is 11.3 Å². The Morgan fingerprint density at radius 1 is 1.10 bits per heavy atom. The van der Waals surface area contributed by atoms with E-state index in [1.165, 1.54) is 5.56 Å². The minimum atomic E-state index is -1.08. The molecule has 6 rings (SSSR count). The first-order chi connectivity index (χ1) is 20.1. The van der Waals surface area contributed by atoms with Gasteiger partial charge in [-0.15, -0.1) is 11.3 Å². The molecule has 1 amide bonds. The van der Waals surface area contributed by atoms with Gasteiger partial charge in [-0.1, -0.05) is 73.5 Å². The highest BCUT2D eigenvalue weighted by atomic mass is 32.1. The standard InChI is InChI=1S/C32H37N5O3S/c38-31(36-17-15-33-20-26(36)19-24-9-3-1-4-10-24)29-30(25-11-5-2-6-12-25)37(23-35-29)27-13-7-8-14-32(27,39)22-40-21-28-34-16-18-41-28/h1-6,9-12,16,18,23,26-27,33,39H,7-8,13-15,17,19-22H2/t26-,27+,32+/m1/s1. The van der Waals surface area contributed by atoms with E-state index in [0.29, 0.717) is 25.3 Å². The molecular formula is C32H37N5O3S. The van der Waals surface area contributed by atoms with Gasteiger partial charge in [0.15, 0.2) is 5.69 Å². The van der Waals surface area contributed by atoms with Crippen molar-refractivity contribution in [2.75, 3.05) is 26.2 Å². The van der Waals surface area contributed by atoms with Gasteiger partial charge in [-0.05, 0) is 24.8 Å². The Labute approximate surface area is 245 Å². The Kier molecular flexibility index (Phi) is 8.57. The van der Waals surface area contributed by atoms with Crippen LogP contribution in [0.2, 0.25) is 0 Å². The van der Waals surface area contributed by atoms with Crippen LogP contribution in [0.5, 0.6) is 0 Å². The molecule has 2 aromatic carbocycles. The van der Waals surface area contributed by atoms with Crippen LogP contribution in [0.15, 0.2) is 78.6 Å². The van der Waals surface area contributed by atoms with Crippen molar-refractivity contribution in [2.45, 2.75) is 56.4 Å². The molecule has 4 aromatic rings. The Bertz CT molecular complexity index is 1410. The molecule has 1 saturated heterocycles. The number of amides is 1. The molecule has 3 atom stereocenters. The summed E-state index contributed by atoms with van der Waals surface area (Å²) in [7, 11) is 0. The number of rotatable bonds is 9. The van der Waals surface area contributed by atoms with Gasteiger partial charge in [0, 0.05) is 42.8 Å². The summed E-state index contributed by atoms with van der Waals surface area (Å²) in [4.78, 5) is 25.3. The summed E-state index contributed by atoms with van der Waals surface area (Å²) < 4.78 is 8.06. The van der Waals surface area contributed by atoms with Gasteiger partial charge in [0.1, 0.15) is 10.6 Å². The number of imidazole rings is 1. The number of carbonyl (C=O) groups is 1. The van der Waals surface area contributed by atoms with E-state index < -0.39 is 5.60 Å². The fraction of sp³-hybridized carbons (Fsp3) is 0.406. The Morgan fingerprint density at radius 3 is 2.68 bits per heavy atom. The maximum atomic E-state index is 14.3. The van der Waals surface area contributed by atoms with Crippen molar-refractivity contribution in [3.63, 3.8) is 0 Å². The van der Waals surface area contributed by atoms with Gasteiger partial charge >= 0.3 is 0 Å². The monoisotopic (exact) mass is 571 g/mol. The number of hydrogen-bond acceptors (Lipinski definition) is 7. The number of aromatic nitrogens is 3. The molecule has 0 unspecified atom stereocenters. The smallest absolute Gasteiger partial charge is 0.275 e. The van der Waals surface area contributed by atoms with Crippen LogP contribution in [0, 0.1) is 0 Å². The number of piperazine rings is 1. The minimum absolute atomic E-state index is 0.0262. The molecular weight excluding hydrogens is 534 g/mol. The van der Waals surface area contributed by atoms with E-state index in [2.05, 4.69) is 22.4 Å². The lowest BCUT2D eigenvalue weighted by Gasteiger charge is -2.41. The fourth-order valence-corrected chi connectivity index (χ4v) is 6.83. The third-order valence-electron chi connectivity index (χ3n) is 8.32. The molecule has 2 fully saturated rings. The molecule has 9 heteroatoms. The minimum Gasteiger partial charge on any atom is -0.385 e. The zero-order valence-corrected chi connectivity index (χ0v) is 24.0. The summed E-state index contributed by atoms with van der Waals surface area (Å²) in [6.45, 7) is 2.68. The molecule has 41 heavy (non-hydrogen) atoms. The molecule has 1 saturated carbocycles. The van der Waals surface area contributed by atoms with Crippen molar-refractivity contribution in [3.05, 3.63) is 94.8 Å². The number of thiazole rings is 1. The van der Waals surface area contributed by atoms with Crippen LogP contribution < -0.4 is 5.32 Å². The van der Waals surface area contributed by atoms with E-state index in [0.717, 1.165) is 55.0 Å². The predicted octanol–water partition coefficient (Wildman–Crippen LogP) is 4.73. The number of nitrogens with one attached hydrogen (secondary N) is 1. The highest BCUT2D eigenvalue weighted by molar-refractivity contribution is 7.09. The van der Waals surface area contributed by atoms with Crippen LogP contribution in [-0.2, 0) is 17.8 Å². The topological polar surface area (TPSA) is 92.5 Å². The van der Waals surface area contributed by atoms with Crippen molar-refractivity contribution < 1.29 is 14.6 Å². The quantitative estimate of drug-likeness (QED) is 0.302. The SMILES string of the molecule is O=C(c1ncn([C@H]2CCCC[C@]2(O)COCc2nccs2)c1-c1ccccc1)N1CCNC[C@H]1Cc1ccccc1. The lowest BCUT2D eigenvalue weighted by atomic mass is 9.80. The van der Waals surface area contributed by atoms with Gasteiger partial charge in [0.25, 0.3) is 5.91 Å². The Hall–Kier alpha value is -3.37. The van der Waals surface area contributed by atoms with Gasteiger partial charge < -0.3 is 24.6 Å². The second kappa shape index (κ2) is 12.7. The highest BCUT2D eigenvalue weighted by Crippen LogP contribution is 2.41. The molecule has 1 aliphatic heterocycles. The number of benzene rings is 2. The first-order valence-corrected chi connectivity index (χ1v) is 15.4. The molecule has 2 aromatic heterocycles. The van der Waals surface area contributed by atoms with Crippen LogP contribution in [0.1, 0.15) is 52.8 Å². The second-order valence-electron chi connectivity index (χ2n) is 11.0. The highest BCUT2D eigenvalue weighted by Gasteiger charge is 2.42. The molecule has 2 aliphatic rings. The van der Waals surface area contributed by atoms with Crippen molar-refractivity contribution >= 4 is 17.2 Å². The molecule has 1 aliphatic carbocycles. The van der Waals surface area contributed by atoms with Gasteiger partial charge in [0.05, 0.1) is 31.3 Å². The summed E-state index contributed by atoms with van der Waals surface area (Å²) in [5.74, 6) is -0.0654. The van der Waals surface area contributed by atoms with E-state index in [1.807, 2.05) is 63.4 Å². The summed E-state index contributed by atoms with van der Waals surface area (Å²) in [6.07, 6.45) is 7.63. The summed E-state index contributed by atoms with van der Waals surface area (Å²) in [6, 6.07) is 20.1. The van der Waals surface area contributed by atoms with Crippen LogP contribution in [-0.4, -0.2) is 68.3 Å². The largest absolute Gasteiger partial charge is 0.385 e. The Balaban J connectivity index is 1.32. The van der Waals surface area contributed by atoms with Crippen LogP contribution >= 0.6 is 11.3 Å². The van der Waals surface area contributed by atoms with Gasteiger partial charge in [-0.2, -0.15) is 0 Å². The first kappa shape index (κ1) is 27.8. The van der Waals surface area contributed by atoms with E-state index in [9.17, 15) is 9.90 Å². The maximum Gasteiger partial charge on any atom is 0.275 e. The first-order valence-electron chi connectivity index (χ1n) is 14.5. The van der Waals surface area contributed by atoms with Crippen LogP contribution in [0.3, 0.4) is 0 Å². The third-order valence-corrected chi connectivity index (χ3v) is 9.08. The summed E-state index contributed by atoms with van der Waals surface area (Å²) in [5.41, 5.74) is 2.24. The third kappa shape index (κ3) is 6.13. The molecule has 3 heterocycles. The van der Waals surface area contributed by atoms with Gasteiger partial charge in [0.2, 0.25) is 0 Å². The van der Waals surface area contributed by atoms with E-state index in [-0.39, 0.29) is 24.6 Å². The number of nitrogens with zero attached hydrogens (tertiary/aromatic N) is 4. The van der Waals surface area contributed by atoms with E-state index in [4.69, 9.17) is 9.72 Å². The van der Waals surface area contributed by atoms with Crippen molar-refractivity contribution in [1.82, 2.24) is 24.8 Å². The second-order valence-corrected chi connectivity index (χ2v) is 12.0. The predicted molar refractivity (Wildman–Crippen MR) is 160 cm³/mol. The lowest BCUT2D eigenvalue weighted by molar-refractivity contribution is -0.103. The van der Waals surface area contributed by atoms with Crippen molar-refractivity contribution in [1.29, 1.82) is 0 Å². The molecule has 0 spiro atoms. The number of ether oxygens (including phenoxy) is 1. The average Bonchev–Trinajstić information content (AvgIpc) is 3.69. The van der Waals surface area contributed by atoms with Gasteiger partial charge in [-0.3, -0.25) is 4.79 Å². The Morgan fingerprint density at radius 2 is 1.90 bits per heavy atom. The van der Waals surface area contributed by atoms with Gasteiger partial charge in [-0.25, -0.2) is 9.97 Å². The maximum absolute atomic E-state index is 14.3. The average molecular weight is 572 g/mol. The lowest BCUT2D eigenvalue weighted by Crippen LogP contribution is -2.54. The number of hydrogen-bond donors (Lipinski definition) is 2. The van der Waals surface area contributed by atoms with E-state index in [1.54, 1.807) is 23.9 Å². The zero-order chi connectivity index (χ0) is 28.1. The summed E-state index contributed by atoms with van der Waals surface area (Å²) >= 11 is 1.55. The molecule has 214 valence electrons.